The molecule has 72 valence electrons. The van der Waals surface area contributed by atoms with Crippen molar-refractivity contribution in [2.24, 2.45) is 0 Å². The number of hydrogen-bond donors (Lipinski definition) is 2. The van der Waals surface area contributed by atoms with Gasteiger partial charge in [0.15, 0.2) is 0 Å². The van der Waals surface area contributed by atoms with Crippen molar-refractivity contribution in [1.29, 1.82) is 9.56 Å². The minimum atomic E-state index is -1.79. The maximum Gasteiger partial charge on any atom is 0.0130 e. The molecule has 0 radical (unpaired) electrons. The maximum absolute atomic E-state index is 7.45. The Morgan fingerprint density at radius 1 is 1.15 bits per heavy atom. The SMILES string of the molecule is CS(=N)(=N)CCCc1ccccc1. The number of benzene rings is 1. The summed E-state index contributed by atoms with van der Waals surface area (Å²) in [6, 6.07) is 10.3. The molecule has 0 atom stereocenters. The lowest BCUT2D eigenvalue weighted by Gasteiger charge is -2.03. The first-order valence-electron chi connectivity index (χ1n) is 4.37. The van der Waals surface area contributed by atoms with Gasteiger partial charge in [0.2, 0.25) is 0 Å². The van der Waals surface area contributed by atoms with Gasteiger partial charge in [-0.3, -0.25) is 9.56 Å². The topological polar surface area (TPSA) is 47.7 Å². The summed E-state index contributed by atoms with van der Waals surface area (Å²) in [6.45, 7) is 0. The molecule has 2 nitrogen and oxygen atoms in total. The highest BCUT2D eigenvalue weighted by molar-refractivity contribution is 7.92. The normalized spacial score (nSPS) is 11.5. The van der Waals surface area contributed by atoms with Crippen LogP contribution in [0.4, 0.5) is 0 Å². The average molecular weight is 196 g/mol. The molecule has 0 bridgehead atoms. The molecule has 3 heteroatoms. The Hall–Kier alpha value is -0.830. The van der Waals surface area contributed by atoms with Crippen LogP contribution in [-0.2, 0) is 16.0 Å². The third kappa shape index (κ3) is 4.68. The first-order valence-corrected chi connectivity index (χ1v) is 6.58. The molecule has 0 heterocycles. The highest BCUT2D eigenvalue weighted by atomic mass is 32.2. The second kappa shape index (κ2) is 4.42. The molecule has 13 heavy (non-hydrogen) atoms. The number of nitrogens with one attached hydrogen (secondary N) is 2. The van der Waals surface area contributed by atoms with Gasteiger partial charge < -0.3 is 0 Å². The van der Waals surface area contributed by atoms with Crippen molar-refractivity contribution < 1.29 is 0 Å². The van der Waals surface area contributed by atoms with Gasteiger partial charge in [0.05, 0.1) is 0 Å². The van der Waals surface area contributed by atoms with E-state index in [0.717, 1.165) is 18.6 Å². The van der Waals surface area contributed by atoms with Gasteiger partial charge >= 0.3 is 0 Å². The van der Waals surface area contributed by atoms with Gasteiger partial charge in [-0.2, -0.15) is 0 Å². The number of aryl methyl sites for hydroxylation is 1. The van der Waals surface area contributed by atoms with Crippen LogP contribution >= 0.6 is 0 Å². The number of hydrogen-bond acceptors (Lipinski definition) is 2. The second-order valence-corrected chi connectivity index (χ2v) is 5.96. The van der Waals surface area contributed by atoms with E-state index in [1.807, 2.05) is 18.2 Å². The highest BCUT2D eigenvalue weighted by Gasteiger charge is 1.95. The van der Waals surface area contributed by atoms with Crippen LogP contribution in [0.1, 0.15) is 12.0 Å². The summed E-state index contributed by atoms with van der Waals surface area (Å²) < 4.78 is 14.9. The van der Waals surface area contributed by atoms with E-state index in [1.54, 1.807) is 6.26 Å². The fourth-order valence-electron chi connectivity index (χ4n) is 1.21. The molecule has 0 aliphatic carbocycles. The summed E-state index contributed by atoms with van der Waals surface area (Å²) >= 11 is 0. The standard InChI is InChI=1S/C10H16N2S/c1-13(11,12)9-5-8-10-6-3-2-4-7-10/h2-4,6-7,11-12H,5,8-9H2,1H3. The van der Waals surface area contributed by atoms with Crippen LogP contribution in [0.3, 0.4) is 0 Å². The highest BCUT2D eigenvalue weighted by Crippen LogP contribution is 2.03. The molecule has 0 spiro atoms. The van der Waals surface area contributed by atoms with Crippen LogP contribution in [0.15, 0.2) is 30.3 Å². The van der Waals surface area contributed by atoms with E-state index in [2.05, 4.69) is 12.1 Å². The quantitative estimate of drug-likeness (QED) is 0.744. The van der Waals surface area contributed by atoms with E-state index in [-0.39, 0.29) is 0 Å². The molecule has 0 fully saturated rings. The van der Waals surface area contributed by atoms with Crippen molar-refractivity contribution in [2.45, 2.75) is 12.8 Å². The summed E-state index contributed by atoms with van der Waals surface area (Å²) in [5.41, 5.74) is 1.31. The van der Waals surface area contributed by atoms with Crippen LogP contribution in [0.25, 0.3) is 0 Å². The summed E-state index contributed by atoms with van der Waals surface area (Å²) in [5, 5.41) is 0. The lowest BCUT2D eigenvalue weighted by molar-refractivity contribution is 0.927. The van der Waals surface area contributed by atoms with Gasteiger partial charge in [-0.1, -0.05) is 40.0 Å². The first kappa shape index (κ1) is 10.3. The zero-order chi connectivity index (χ0) is 9.73. The summed E-state index contributed by atoms with van der Waals surface area (Å²) in [7, 11) is -1.79. The minimum absolute atomic E-state index is 0.724. The van der Waals surface area contributed by atoms with Crippen LogP contribution < -0.4 is 0 Å². The van der Waals surface area contributed by atoms with Crippen molar-refractivity contribution >= 4 is 9.62 Å². The Balaban J connectivity index is 2.37. The van der Waals surface area contributed by atoms with Crippen LogP contribution in [0.2, 0.25) is 0 Å². The fourth-order valence-corrected chi connectivity index (χ4v) is 1.93. The predicted molar refractivity (Wildman–Crippen MR) is 58.4 cm³/mol. The van der Waals surface area contributed by atoms with Crippen LogP contribution in [0, 0.1) is 9.56 Å². The molecule has 0 aromatic heterocycles. The smallest absolute Gasteiger partial charge is 0.0130 e. The molecular weight excluding hydrogens is 180 g/mol. The fraction of sp³-hybridized carbons (Fsp3) is 0.400. The summed E-state index contributed by atoms with van der Waals surface area (Å²) in [4.78, 5) is 0. The van der Waals surface area contributed by atoms with Crippen molar-refractivity contribution in [3.63, 3.8) is 0 Å². The Morgan fingerprint density at radius 2 is 1.77 bits per heavy atom. The largest absolute Gasteiger partial charge is 0.271 e. The predicted octanol–water partition coefficient (Wildman–Crippen LogP) is 2.93. The lowest BCUT2D eigenvalue weighted by atomic mass is 10.1. The molecule has 0 unspecified atom stereocenters. The van der Waals surface area contributed by atoms with Crippen LogP contribution in [0.5, 0.6) is 0 Å². The molecule has 1 aromatic rings. The van der Waals surface area contributed by atoms with Gasteiger partial charge in [-0.15, -0.1) is 0 Å². The van der Waals surface area contributed by atoms with Gasteiger partial charge in [-0.25, -0.2) is 0 Å². The third-order valence-corrected chi connectivity index (χ3v) is 2.97. The Bertz CT molecular complexity index is 340. The van der Waals surface area contributed by atoms with E-state index in [0.29, 0.717) is 0 Å². The van der Waals surface area contributed by atoms with Crippen molar-refractivity contribution in [3.05, 3.63) is 35.9 Å². The molecule has 2 N–H and O–H groups in total. The number of rotatable bonds is 4. The zero-order valence-electron chi connectivity index (χ0n) is 7.92. The molecular formula is C10H16N2S. The van der Waals surface area contributed by atoms with E-state index in [9.17, 15) is 0 Å². The van der Waals surface area contributed by atoms with Gasteiger partial charge in [-0.05, 0) is 18.4 Å². The minimum Gasteiger partial charge on any atom is -0.271 e. The summed E-state index contributed by atoms with van der Waals surface area (Å²) in [6.07, 6.45) is 3.68. The second-order valence-electron chi connectivity index (χ2n) is 3.38. The van der Waals surface area contributed by atoms with E-state index < -0.39 is 9.62 Å². The van der Waals surface area contributed by atoms with Crippen molar-refractivity contribution in [2.75, 3.05) is 12.0 Å². The lowest BCUT2D eigenvalue weighted by Crippen LogP contribution is -2.00. The van der Waals surface area contributed by atoms with Crippen molar-refractivity contribution in [1.82, 2.24) is 0 Å². The molecule has 0 amide bonds. The van der Waals surface area contributed by atoms with Gasteiger partial charge in [0.25, 0.3) is 0 Å². The van der Waals surface area contributed by atoms with Gasteiger partial charge in [0.1, 0.15) is 0 Å². The van der Waals surface area contributed by atoms with Crippen LogP contribution in [-0.4, -0.2) is 12.0 Å². The summed E-state index contributed by atoms with van der Waals surface area (Å²) in [5.74, 6) is 0.724. The maximum atomic E-state index is 7.45. The molecule has 1 rings (SSSR count). The van der Waals surface area contributed by atoms with E-state index in [1.165, 1.54) is 5.56 Å². The van der Waals surface area contributed by atoms with Crippen molar-refractivity contribution in [3.8, 4) is 0 Å². The molecule has 0 saturated heterocycles. The Kier molecular flexibility index (Phi) is 3.48. The van der Waals surface area contributed by atoms with Gasteiger partial charge in [0, 0.05) is 12.0 Å². The molecule has 0 aliphatic heterocycles. The Labute approximate surface area is 80.4 Å². The average Bonchev–Trinajstić information content (AvgIpc) is 2.04. The monoisotopic (exact) mass is 196 g/mol. The van der Waals surface area contributed by atoms with E-state index >= 15 is 0 Å². The molecule has 1 aromatic carbocycles. The first-order chi connectivity index (χ1) is 6.08. The van der Waals surface area contributed by atoms with E-state index in [4.69, 9.17) is 9.56 Å². The Morgan fingerprint density at radius 3 is 2.31 bits per heavy atom. The third-order valence-electron chi connectivity index (χ3n) is 1.86. The zero-order valence-corrected chi connectivity index (χ0v) is 8.73. The molecule has 0 aliphatic rings. The molecule has 0 saturated carbocycles.